The van der Waals surface area contributed by atoms with Crippen molar-refractivity contribution in [2.45, 2.75) is 19.5 Å². The minimum Gasteiger partial charge on any atom is -0.493 e. The van der Waals surface area contributed by atoms with E-state index in [0.717, 1.165) is 36.6 Å². The Balaban J connectivity index is 1.23. The highest BCUT2D eigenvalue weighted by atomic mass is 16.5. The van der Waals surface area contributed by atoms with Crippen LogP contribution in [0.25, 0.3) is 5.69 Å². The molecule has 0 bridgehead atoms. The summed E-state index contributed by atoms with van der Waals surface area (Å²) in [5, 5.41) is 7.33. The van der Waals surface area contributed by atoms with Gasteiger partial charge in [-0.2, -0.15) is 5.10 Å². The minimum absolute atomic E-state index is 0.248. The summed E-state index contributed by atoms with van der Waals surface area (Å²) in [6.45, 7) is 2.17. The summed E-state index contributed by atoms with van der Waals surface area (Å²) in [6, 6.07) is 22.2. The number of anilines is 1. The van der Waals surface area contributed by atoms with E-state index in [1.165, 1.54) is 18.2 Å². The molecule has 2 aromatic heterocycles. The van der Waals surface area contributed by atoms with Gasteiger partial charge in [-0.1, -0.05) is 48.5 Å². The van der Waals surface area contributed by atoms with E-state index in [1.54, 1.807) is 10.9 Å². The lowest BCUT2D eigenvalue weighted by atomic mass is 10.00. The fourth-order valence-electron chi connectivity index (χ4n) is 4.04. The number of carbonyl (C=O) groups excluding carboxylic acids is 1. The third kappa shape index (κ3) is 4.43. The fraction of sp³-hybridized carbons (Fsp3) is 0.192. The highest BCUT2D eigenvalue weighted by Crippen LogP contribution is 2.23. The maximum atomic E-state index is 12.8. The Morgan fingerprint density at radius 2 is 1.82 bits per heavy atom. The summed E-state index contributed by atoms with van der Waals surface area (Å²) in [6.07, 6.45) is 4.54. The van der Waals surface area contributed by atoms with Crippen LogP contribution in [-0.4, -0.2) is 34.3 Å². The molecule has 0 spiro atoms. The molecule has 1 N–H and O–H groups in total. The van der Waals surface area contributed by atoms with Crippen LogP contribution in [0.15, 0.2) is 79.1 Å². The molecule has 0 saturated heterocycles. The smallest absolute Gasteiger partial charge is 0.275 e. The predicted molar refractivity (Wildman–Crippen MR) is 127 cm³/mol. The number of benzene rings is 2. The van der Waals surface area contributed by atoms with E-state index in [9.17, 15) is 4.79 Å². The number of aromatic nitrogens is 3. The van der Waals surface area contributed by atoms with Crippen LogP contribution in [0.5, 0.6) is 5.75 Å². The van der Waals surface area contributed by atoms with Crippen molar-refractivity contribution in [3.8, 4) is 11.4 Å². The summed E-state index contributed by atoms with van der Waals surface area (Å²) in [5.41, 5.74) is 4.79. The highest BCUT2D eigenvalue weighted by Gasteiger charge is 2.19. The number of pyridine rings is 1. The van der Waals surface area contributed by atoms with E-state index < -0.39 is 0 Å². The van der Waals surface area contributed by atoms with E-state index >= 15 is 0 Å². The number of ether oxygens (including phenoxy) is 1. The first-order chi connectivity index (χ1) is 16.2. The van der Waals surface area contributed by atoms with E-state index in [4.69, 9.17) is 4.74 Å². The average molecular weight is 440 g/mol. The molecule has 0 aliphatic carbocycles. The largest absolute Gasteiger partial charge is 0.493 e. The average Bonchev–Trinajstić information content (AvgIpc) is 3.33. The first-order valence-electron chi connectivity index (χ1n) is 11.0. The second-order valence-electron chi connectivity index (χ2n) is 7.97. The first-order valence-corrected chi connectivity index (χ1v) is 11.0. The first kappa shape index (κ1) is 20.8. The normalized spacial score (nSPS) is 12.8. The second-order valence-corrected chi connectivity index (χ2v) is 7.97. The van der Waals surface area contributed by atoms with Crippen LogP contribution in [0.4, 0.5) is 5.82 Å². The number of methoxy groups -OCH3 is 1. The zero-order chi connectivity index (χ0) is 22.6. The zero-order valence-corrected chi connectivity index (χ0v) is 18.4. The van der Waals surface area contributed by atoms with Crippen molar-refractivity contribution < 1.29 is 9.53 Å². The molecule has 0 atom stereocenters. The van der Waals surface area contributed by atoms with Crippen molar-refractivity contribution in [1.29, 1.82) is 0 Å². The molecule has 33 heavy (non-hydrogen) atoms. The van der Waals surface area contributed by atoms with Crippen LogP contribution in [0, 0.1) is 0 Å². The maximum Gasteiger partial charge on any atom is 0.275 e. The van der Waals surface area contributed by atoms with Gasteiger partial charge >= 0.3 is 0 Å². The number of rotatable bonds is 6. The van der Waals surface area contributed by atoms with Crippen molar-refractivity contribution >= 4 is 11.7 Å². The van der Waals surface area contributed by atoms with Crippen LogP contribution in [0.3, 0.4) is 0 Å². The van der Waals surface area contributed by atoms with Gasteiger partial charge in [-0.05, 0) is 41.3 Å². The SMILES string of the molecule is COc1cn(-c2ccccc2)nc1C(=O)NCc1ccc(N2CCc3ccccc3C2)nc1. The maximum absolute atomic E-state index is 12.8. The molecule has 0 saturated carbocycles. The molecule has 0 unspecified atom stereocenters. The Hall–Kier alpha value is -4.13. The third-order valence-electron chi connectivity index (χ3n) is 5.85. The lowest BCUT2D eigenvalue weighted by Gasteiger charge is -2.29. The van der Waals surface area contributed by atoms with Crippen LogP contribution < -0.4 is 15.0 Å². The molecule has 166 valence electrons. The molecule has 0 radical (unpaired) electrons. The van der Waals surface area contributed by atoms with Gasteiger partial charge < -0.3 is 15.0 Å². The summed E-state index contributed by atoms with van der Waals surface area (Å²) in [7, 11) is 1.53. The molecular weight excluding hydrogens is 414 g/mol. The molecule has 5 rings (SSSR count). The van der Waals surface area contributed by atoms with Crippen molar-refractivity contribution in [3.05, 3.63) is 102 Å². The number of nitrogens with zero attached hydrogens (tertiary/aromatic N) is 4. The van der Waals surface area contributed by atoms with Gasteiger partial charge in [0.05, 0.1) is 19.0 Å². The lowest BCUT2D eigenvalue weighted by molar-refractivity contribution is 0.0942. The van der Waals surface area contributed by atoms with Gasteiger partial charge in [0.1, 0.15) is 5.82 Å². The minimum atomic E-state index is -0.293. The molecular formula is C26H25N5O2. The van der Waals surface area contributed by atoms with Gasteiger partial charge in [-0.25, -0.2) is 9.67 Å². The molecule has 7 heteroatoms. The number of carbonyl (C=O) groups is 1. The second kappa shape index (κ2) is 9.16. The summed E-state index contributed by atoms with van der Waals surface area (Å²) in [5.74, 6) is 1.08. The Morgan fingerprint density at radius 3 is 2.58 bits per heavy atom. The van der Waals surface area contributed by atoms with E-state index in [2.05, 4.69) is 44.6 Å². The van der Waals surface area contributed by atoms with Crippen molar-refractivity contribution in [2.75, 3.05) is 18.6 Å². The van der Waals surface area contributed by atoms with E-state index in [-0.39, 0.29) is 11.6 Å². The van der Waals surface area contributed by atoms with Gasteiger partial charge in [0.15, 0.2) is 11.4 Å². The molecule has 1 aliphatic rings. The fourth-order valence-corrected chi connectivity index (χ4v) is 4.04. The highest BCUT2D eigenvalue weighted by molar-refractivity contribution is 5.94. The zero-order valence-electron chi connectivity index (χ0n) is 18.4. The Morgan fingerprint density at radius 1 is 1.03 bits per heavy atom. The van der Waals surface area contributed by atoms with Crippen LogP contribution in [0.2, 0.25) is 0 Å². The Kier molecular flexibility index (Phi) is 5.76. The molecule has 3 heterocycles. The molecule has 7 nitrogen and oxygen atoms in total. The van der Waals surface area contributed by atoms with E-state index in [1.807, 2.05) is 48.7 Å². The standard InChI is InChI=1S/C26H25N5O2/c1-33-23-18-31(22-9-3-2-4-10-22)29-25(23)26(32)28-16-19-11-12-24(27-15-19)30-14-13-20-7-5-6-8-21(20)17-30/h2-12,15,18H,13-14,16-17H2,1H3,(H,28,32). The quantitative estimate of drug-likeness (QED) is 0.495. The monoisotopic (exact) mass is 439 g/mol. The number of hydrogen-bond acceptors (Lipinski definition) is 5. The predicted octanol–water partition coefficient (Wildman–Crippen LogP) is 3.77. The number of para-hydroxylation sites is 1. The van der Waals surface area contributed by atoms with Gasteiger partial charge in [-0.15, -0.1) is 0 Å². The lowest BCUT2D eigenvalue weighted by Crippen LogP contribution is -2.31. The van der Waals surface area contributed by atoms with Crippen molar-refractivity contribution in [1.82, 2.24) is 20.1 Å². The Labute approximate surface area is 192 Å². The molecule has 0 fully saturated rings. The number of hydrogen-bond donors (Lipinski definition) is 1. The summed E-state index contributed by atoms with van der Waals surface area (Å²) >= 11 is 0. The summed E-state index contributed by atoms with van der Waals surface area (Å²) in [4.78, 5) is 19.7. The van der Waals surface area contributed by atoms with Gasteiger partial charge in [0.25, 0.3) is 5.91 Å². The molecule has 4 aromatic rings. The Bertz CT molecular complexity index is 1250. The van der Waals surface area contributed by atoms with Gasteiger partial charge in [0, 0.05) is 25.8 Å². The topological polar surface area (TPSA) is 72.3 Å². The summed E-state index contributed by atoms with van der Waals surface area (Å²) < 4.78 is 7.01. The van der Waals surface area contributed by atoms with Crippen LogP contribution >= 0.6 is 0 Å². The third-order valence-corrected chi connectivity index (χ3v) is 5.85. The number of nitrogens with one attached hydrogen (secondary N) is 1. The molecule has 2 aromatic carbocycles. The van der Waals surface area contributed by atoms with E-state index in [0.29, 0.717) is 12.3 Å². The van der Waals surface area contributed by atoms with Crippen molar-refractivity contribution in [3.63, 3.8) is 0 Å². The van der Waals surface area contributed by atoms with Crippen LogP contribution in [-0.2, 0) is 19.5 Å². The molecule has 1 aliphatic heterocycles. The number of fused-ring (bicyclic) bond motifs is 1. The molecule has 1 amide bonds. The van der Waals surface area contributed by atoms with Crippen molar-refractivity contribution in [2.24, 2.45) is 0 Å². The number of amides is 1. The van der Waals surface area contributed by atoms with Gasteiger partial charge in [0.2, 0.25) is 0 Å². The van der Waals surface area contributed by atoms with Crippen LogP contribution in [0.1, 0.15) is 27.2 Å². The van der Waals surface area contributed by atoms with Gasteiger partial charge in [-0.3, -0.25) is 4.79 Å².